The van der Waals surface area contributed by atoms with Crippen LogP contribution in [0.15, 0.2) is 103 Å². The van der Waals surface area contributed by atoms with Gasteiger partial charge in [0.25, 0.3) is 5.91 Å². The number of nitrogens with zero attached hydrogens (tertiary/aromatic N) is 3. The van der Waals surface area contributed by atoms with E-state index in [0.717, 1.165) is 16.8 Å². The van der Waals surface area contributed by atoms with Crippen LogP contribution in [0.25, 0.3) is 0 Å². The molecule has 5 amide bonds. The highest BCUT2D eigenvalue weighted by molar-refractivity contribution is 6.06. The summed E-state index contributed by atoms with van der Waals surface area (Å²) in [5, 5.41) is 5.23. The van der Waals surface area contributed by atoms with Gasteiger partial charge in [-0.15, -0.1) is 0 Å². The summed E-state index contributed by atoms with van der Waals surface area (Å²) in [5.74, 6) is -0.991. The van der Waals surface area contributed by atoms with Crippen molar-refractivity contribution in [1.82, 2.24) is 5.32 Å². The van der Waals surface area contributed by atoms with Crippen LogP contribution in [0.3, 0.4) is 0 Å². The zero-order valence-electron chi connectivity index (χ0n) is 25.8. The third-order valence-electron chi connectivity index (χ3n) is 7.02. The molecule has 0 radical (unpaired) electrons. The molecule has 45 heavy (non-hydrogen) atoms. The minimum atomic E-state index is -0.577. The molecule has 0 aliphatic heterocycles. The first-order valence-electron chi connectivity index (χ1n) is 14.4. The summed E-state index contributed by atoms with van der Waals surface area (Å²) in [6.07, 6.45) is 0. The summed E-state index contributed by atoms with van der Waals surface area (Å²) in [6.45, 7) is 2.87. The highest BCUT2D eigenvalue weighted by atomic mass is 16.5. The summed E-state index contributed by atoms with van der Waals surface area (Å²) >= 11 is 0. The molecule has 0 bridgehead atoms. The van der Waals surface area contributed by atoms with Gasteiger partial charge in [0.15, 0.2) is 6.61 Å². The number of hydrogen-bond donors (Lipinski definition) is 2. The van der Waals surface area contributed by atoms with Crippen molar-refractivity contribution < 1.29 is 23.9 Å². The minimum absolute atomic E-state index is 0.233. The summed E-state index contributed by atoms with van der Waals surface area (Å²) in [7, 11) is 3.29. The van der Waals surface area contributed by atoms with Gasteiger partial charge in [-0.05, 0) is 73.5 Å². The Kier molecular flexibility index (Phi) is 10.9. The molecule has 10 nitrogen and oxygen atoms in total. The third kappa shape index (κ3) is 8.93. The normalized spacial score (nSPS) is 10.4. The van der Waals surface area contributed by atoms with E-state index in [1.807, 2.05) is 56.3 Å². The molecule has 232 valence electrons. The lowest BCUT2D eigenvalue weighted by molar-refractivity contribution is -0.121. The molecule has 0 saturated carbocycles. The molecule has 2 N–H and O–H groups in total. The number of rotatable bonds is 11. The average Bonchev–Trinajstić information content (AvgIpc) is 3.04. The molecular weight excluding hydrogens is 570 g/mol. The largest absolute Gasteiger partial charge is 0.482 e. The molecule has 10 heteroatoms. The zero-order valence-corrected chi connectivity index (χ0v) is 25.8. The van der Waals surface area contributed by atoms with Crippen molar-refractivity contribution in [2.45, 2.75) is 13.8 Å². The fourth-order valence-corrected chi connectivity index (χ4v) is 4.62. The third-order valence-corrected chi connectivity index (χ3v) is 7.02. The van der Waals surface area contributed by atoms with Crippen LogP contribution in [0.5, 0.6) is 5.75 Å². The molecule has 0 atom stereocenters. The quantitative estimate of drug-likeness (QED) is 0.245. The molecule has 0 unspecified atom stereocenters. The molecular formula is C35H37N5O5. The fraction of sp³-hybridized carbons (Fsp3) is 0.200. The van der Waals surface area contributed by atoms with Gasteiger partial charge in [0, 0.05) is 31.2 Å². The van der Waals surface area contributed by atoms with Crippen molar-refractivity contribution in [3.63, 3.8) is 0 Å². The topological polar surface area (TPSA) is 111 Å². The molecule has 0 aliphatic carbocycles. The van der Waals surface area contributed by atoms with Crippen LogP contribution >= 0.6 is 0 Å². The van der Waals surface area contributed by atoms with Crippen molar-refractivity contribution in [2.75, 3.05) is 53.8 Å². The van der Waals surface area contributed by atoms with Gasteiger partial charge in [-0.3, -0.25) is 19.3 Å². The number of carbonyl (C=O) groups excluding carboxylic acids is 4. The summed E-state index contributed by atoms with van der Waals surface area (Å²) in [4.78, 5) is 56.9. The number of amides is 5. The molecule has 0 aliphatic rings. The smallest absolute Gasteiger partial charge is 0.319 e. The molecule has 0 saturated heterocycles. The number of aryl methyl sites for hydroxylation is 2. The lowest BCUT2D eigenvalue weighted by Crippen LogP contribution is -2.46. The molecule has 4 aromatic rings. The van der Waals surface area contributed by atoms with Gasteiger partial charge in [-0.2, -0.15) is 0 Å². The Morgan fingerprint density at radius 2 is 1.24 bits per heavy atom. The molecule has 4 rings (SSSR count). The van der Waals surface area contributed by atoms with E-state index in [4.69, 9.17) is 4.74 Å². The Balaban J connectivity index is 1.53. The minimum Gasteiger partial charge on any atom is -0.482 e. The van der Waals surface area contributed by atoms with E-state index >= 15 is 0 Å². The van der Waals surface area contributed by atoms with Gasteiger partial charge >= 0.3 is 6.03 Å². The predicted molar refractivity (Wildman–Crippen MR) is 177 cm³/mol. The van der Waals surface area contributed by atoms with Gasteiger partial charge in [0.05, 0.1) is 12.2 Å². The summed E-state index contributed by atoms with van der Waals surface area (Å²) < 4.78 is 5.95. The number of likely N-dealkylation sites (N-methyl/N-ethyl adjacent to an activating group) is 2. The first-order valence-corrected chi connectivity index (χ1v) is 14.4. The van der Waals surface area contributed by atoms with E-state index in [0.29, 0.717) is 11.4 Å². The second kappa shape index (κ2) is 15.2. The van der Waals surface area contributed by atoms with E-state index in [1.54, 1.807) is 74.8 Å². The van der Waals surface area contributed by atoms with Crippen molar-refractivity contribution in [2.24, 2.45) is 0 Å². The van der Waals surface area contributed by atoms with Crippen LogP contribution in [-0.2, 0) is 14.4 Å². The second-order valence-electron chi connectivity index (χ2n) is 10.5. The maximum atomic E-state index is 13.6. The van der Waals surface area contributed by atoms with Gasteiger partial charge in [-0.1, -0.05) is 54.6 Å². The van der Waals surface area contributed by atoms with Gasteiger partial charge in [0.1, 0.15) is 12.3 Å². The highest BCUT2D eigenvalue weighted by Gasteiger charge is 2.25. The first-order chi connectivity index (χ1) is 21.6. The van der Waals surface area contributed by atoms with Gasteiger partial charge in [0.2, 0.25) is 11.8 Å². The number of para-hydroxylation sites is 4. The van der Waals surface area contributed by atoms with Crippen LogP contribution in [-0.4, -0.2) is 57.5 Å². The molecule has 0 heterocycles. The number of ether oxygens (including phenoxy) is 1. The van der Waals surface area contributed by atoms with Crippen LogP contribution in [0.1, 0.15) is 11.1 Å². The number of anilines is 4. The Morgan fingerprint density at radius 3 is 1.91 bits per heavy atom. The van der Waals surface area contributed by atoms with Crippen LogP contribution in [0.4, 0.5) is 27.5 Å². The van der Waals surface area contributed by atoms with Crippen molar-refractivity contribution in [3.8, 4) is 5.75 Å². The first kappa shape index (κ1) is 32.3. The van der Waals surface area contributed by atoms with Gasteiger partial charge < -0.3 is 25.2 Å². The SMILES string of the molecule is Cc1cc(C)cc(N(C)C(=O)COc2ccccc2N(CC(=O)N(C)c2ccccc2)C(=O)CNC(=O)Nc2ccccc2)c1. The maximum absolute atomic E-state index is 13.6. The molecule has 4 aromatic carbocycles. The van der Waals surface area contributed by atoms with Gasteiger partial charge in [-0.25, -0.2) is 4.79 Å². The van der Waals surface area contributed by atoms with Crippen molar-refractivity contribution >= 4 is 46.5 Å². The maximum Gasteiger partial charge on any atom is 0.319 e. The van der Waals surface area contributed by atoms with Crippen LogP contribution in [0.2, 0.25) is 0 Å². The lowest BCUT2D eigenvalue weighted by atomic mass is 10.1. The van der Waals surface area contributed by atoms with Crippen molar-refractivity contribution in [1.29, 1.82) is 0 Å². The molecule has 0 aromatic heterocycles. The Hall–Kier alpha value is -5.64. The Labute approximate surface area is 263 Å². The summed E-state index contributed by atoms with van der Waals surface area (Å²) in [5.41, 5.74) is 4.29. The Morgan fingerprint density at radius 1 is 0.667 bits per heavy atom. The predicted octanol–water partition coefficient (Wildman–Crippen LogP) is 5.16. The molecule has 0 spiro atoms. The number of urea groups is 1. The highest BCUT2D eigenvalue weighted by Crippen LogP contribution is 2.29. The van der Waals surface area contributed by atoms with E-state index in [2.05, 4.69) is 10.6 Å². The fourth-order valence-electron chi connectivity index (χ4n) is 4.62. The number of benzene rings is 4. The van der Waals surface area contributed by atoms with E-state index in [1.165, 1.54) is 14.7 Å². The average molecular weight is 608 g/mol. The zero-order chi connectivity index (χ0) is 32.3. The van der Waals surface area contributed by atoms with Crippen molar-refractivity contribution in [3.05, 3.63) is 114 Å². The lowest BCUT2D eigenvalue weighted by Gasteiger charge is -2.27. The number of nitrogens with one attached hydrogen (secondary N) is 2. The van der Waals surface area contributed by atoms with E-state index in [-0.39, 0.29) is 36.4 Å². The van der Waals surface area contributed by atoms with Crippen LogP contribution < -0.4 is 30.1 Å². The van der Waals surface area contributed by atoms with Crippen LogP contribution in [0, 0.1) is 13.8 Å². The summed E-state index contributed by atoms with van der Waals surface area (Å²) in [6, 6.07) is 29.8. The second-order valence-corrected chi connectivity index (χ2v) is 10.5. The van der Waals surface area contributed by atoms with E-state index < -0.39 is 18.5 Å². The number of carbonyl (C=O) groups is 4. The standard InChI is InChI=1S/C35H37N5O5/c1-25-19-26(2)21-29(20-25)39(4)34(43)24-45-31-18-12-11-17-30(31)40(23-33(42)38(3)28-15-9-6-10-16-28)32(41)22-36-35(44)37-27-13-7-5-8-14-27/h5-21H,22-24H2,1-4H3,(H2,36,37,44). The molecule has 0 fully saturated rings. The Bertz CT molecular complexity index is 1620. The number of hydrogen-bond acceptors (Lipinski definition) is 5. The van der Waals surface area contributed by atoms with E-state index in [9.17, 15) is 19.2 Å². The monoisotopic (exact) mass is 607 g/mol.